The highest BCUT2D eigenvalue weighted by molar-refractivity contribution is 5.79. The minimum Gasteiger partial charge on any atom is -0.378 e. The maximum atomic E-state index is 11.9. The molecule has 1 heterocycles. The number of nitrogens with two attached hydrogens (primary N) is 1. The van der Waals surface area contributed by atoms with Gasteiger partial charge in [-0.1, -0.05) is 12.8 Å². The Balaban J connectivity index is 1.64. The van der Waals surface area contributed by atoms with E-state index in [1.54, 1.807) is 0 Å². The smallest absolute Gasteiger partial charge is 0.224 e. The summed E-state index contributed by atoms with van der Waals surface area (Å²) in [6.07, 6.45) is 5.29. The van der Waals surface area contributed by atoms with Gasteiger partial charge in [-0.2, -0.15) is 0 Å². The van der Waals surface area contributed by atoms with Crippen molar-refractivity contribution in [3.05, 3.63) is 0 Å². The second-order valence-corrected chi connectivity index (χ2v) is 5.14. The van der Waals surface area contributed by atoms with Crippen LogP contribution in [0.2, 0.25) is 0 Å². The van der Waals surface area contributed by atoms with Gasteiger partial charge in [0.15, 0.2) is 5.96 Å². The summed E-state index contributed by atoms with van der Waals surface area (Å²) >= 11 is 0. The number of aliphatic imine (C=N–C) groups is 1. The molecule has 0 radical (unpaired) electrons. The number of amides is 1. The topological polar surface area (TPSA) is 80.0 Å². The van der Waals surface area contributed by atoms with Crippen molar-refractivity contribution in [2.24, 2.45) is 10.7 Å². The number of carbonyl (C=O) groups excluding carboxylic acids is 1. The number of rotatable bonds is 4. The molecule has 19 heavy (non-hydrogen) atoms. The fourth-order valence-electron chi connectivity index (χ4n) is 2.57. The maximum absolute atomic E-state index is 11.9. The number of ether oxygens (including phenoxy) is 1. The van der Waals surface area contributed by atoms with Gasteiger partial charge in [0.05, 0.1) is 19.8 Å². The normalized spacial score (nSPS) is 21.7. The third kappa shape index (κ3) is 4.70. The Labute approximate surface area is 114 Å². The van der Waals surface area contributed by atoms with Crippen molar-refractivity contribution in [1.82, 2.24) is 10.2 Å². The van der Waals surface area contributed by atoms with Crippen molar-refractivity contribution in [3.8, 4) is 0 Å². The number of carbonyl (C=O) groups is 1. The summed E-state index contributed by atoms with van der Waals surface area (Å²) in [7, 11) is 0. The van der Waals surface area contributed by atoms with Crippen molar-refractivity contribution < 1.29 is 9.53 Å². The van der Waals surface area contributed by atoms with Crippen LogP contribution in [-0.2, 0) is 9.53 Å². The predicted molar refractivity (Wildman–Crippen MR) is 73.9 cm³/mol. The highest BCUT2D eigenvalue weighted by Gasteiger charge is 2.17. The lowest BCUT2D eigenvalue weighted by Crippen LogP contribution is -2.41. The Morgan fingerprint density at radius 3 is 2.68 bits per heavy atom. The molecule has 0 atom stereocenters. The predicted octanol–water partition coefficient (Wildman–Crippen LogP) is 0.0822. The third-order valence-electron chi connectivity index (χ3n) is 3.68. The van der Waals surface area contributed by atoms with Crippen LogP contribution in [0.25, 0.3) is 0 Å². The minimum absolute atomic E-state index is 0.140. The van der Waals surface area contributed by atoms with Crippen LogP contribution in [-0.4, -0.2) is 55.7 Å². The molecule has 1 saturated carbocycles. The second kappa shape index (κ2) is 7.33. The Bertz CT molecular complexity index is 321. The zero-order valence-electron chi connectivity index (χ0n) is 11.4. The second-order valence-electron chi connectivity index (χ2n) is 5.14. The van der Waals surface area contributed by atoms with Gasteiger partial charge in [-0.3, -0.25) is 9.79 Å². The maximum Gasteiger partial charge on any atom is 0.224 e. The molecule has 2 rings (SSSR count). The molecule has 6 heteroatoms. The van der Waals surface area contributed by atoms with E-state index in [1.807, 2.05) is 4.90 Å². The van der Waals surface area contributed by atoms with Crippen LogP contribution in [0, 0.1) is 0 Å². The van der Waals surface area contributed by atoms with E-state index in [0.717, 1.165) is 0 Å². The molecule has 0 aromatic heterocycles. The van der Waals surface area contributed by atoms with Gasteiger partial charge in [0.25, 0.3) is 0 Å². The standard InChI is InChI=1S/C13H24N4O2/c14-13(16-11-3-1-2-4-11)15-6-5-12(18)17-7-9-19-10-8-17/h11H,1-10H2,(H3,14,15,16). The Hall–Kier alpha value is -1.30. The molecular weight excluding hydrogens is 244 g/mol. The van der Waals surface area contributed by atoms with E-state index in [-0.39, 0.29) is 5.91 Å². The Morgan fingerprint density at radius 1 is 1.32 bits per heavy atom. The highest BCUT2D eigenvalue weighted by Crippen LogP contribution is 2.17. The SMILES string of the molecule is NC(=NCCC(=O)N1CCOCC1)NC1CCCC1. The van der Waals surface area contributed by atoms with Crippen LogP contribution in [0.3, 0.4) is 0 Å². The Kier molecular flexibility index (Phi) is 5.44. The summed E-state index contributed by atoms with van der Waals surface area (Å²) in [5.74, 6) is 0.613. The van der Waals surface area contributed by atoms with Crippen molar-refractivity contribution in [1.29, 1.82) is 0 Å². The fraction of sp³-hybridized carbons (Fsp3) is 0.846. The molecule has 1 aliphatic carbocycles. The molecule has 0 aromatic carbocycles. The van der Waals surface area contributed by atoms with Gasteiger partial charge in [0.1, 0.15) is 0 Å². The molecule has 1 aliphatic heterocycles. The van der Waals surface area contributed by atoms with E-state index < -0.39 is 0 Å². The molecule has 0 bridgehead atoms. The first-order valence-electron chi connectivity index (χ1n) is 7.17. The lowest BCUT2D eigenvalue weighted by molar-refractivity contribution is -0.135. The number of guanidine groups is 1. The minimum atomic E-state index is 0.140. The van der Waals surface area contributed by atoms with Gasteiger partial charge < -0.3 is 20.7 Å². The lowest BCUT2D eigenvalue weighted by atomic mass is 10.2. The Morgan fingerprint density at radius 2 is 2.00 bits per heavy atom. The van der Waals surface area contributed by atoms with Gasteiger partial charge in [-0.25, -0.2) is 0 Å². The molecule has 0 aromatic rings. The summed E-state index contributed by atoms with van der Waals surface area (Å²) < 4.78 is 5.22. The van der Waals surface area contributed by atoms with E-state index >= 15 is 0 Å². The summed E-state index contributed by atoms with van der Waals surface area (Å²) in [6.45, 7) is 3.12. The number of hydrogen-bond acceptors (Lipinski definition) is 3. The van der Waals surface area contributed by atoms with Crippen LogP contribution in [0.15, 0.2) is 4.99 Å². The van der Waals surface area contributed by atoms with Crippen LogP contribution in [0.5, 0.6) is 0 Å². The summed E-state index contributed by atoms with van der Waals surface area (Å²) in [4.78, 5) is 17.9. The molecule has 1 saturated heterocycles. The van der Waals surface area contributed by atoms with Crippen LogP contribution < -0.4 is 11.1 Å². The average molecular weight is 268 g/mol. The number of hydrogen-bond donors (Lipinski definition) is 2. The molecule has 6 nitrogen and oxygen atoms in total. The summed E-state index contributed by atoms with van der Waals surface area (Å²) in [6, 6.07) is 0.471. The monoisotopic (exact) mass is 268 g/mol. The van der Waals surface area contributed by atoms with E-state index in [4.69, 9.17) is 10.5 Å². The first kappa shape index (κ1) is 14.1. The highest BCUT2D eigenvalue weighted by atomic mass is 16.5. The molecule has 1 amide bonds. The molecule has 2 aliphatic rings. The first-order chi connectivity index (χ1) is 9.25. The lowest BCUT2D eigenvalue weighted by Gasteiger charge is -2.26. The van der Waals surface area contributed by atoms with Gasteiger partial charge in [0.2, 0.25) is 5.91 Å². The molecule has 3 N–H and O–H groups in total. The molecule has 108 valence electrons. The molecule has 2 fully saturated rings. The number of morpholine rings is 1. The van der Waals surface area contributed by atoms with Gasteiger partial charge >= 0.3 is 0 Å². The van der Waals surface area contributed by atoms with Gasteiger partial charge in [-0.05, 0) is 12.8 Å². The summed E-state index contributed by atoms with van der Waals surface area (Å²) in [5, 5.41) is 3.21. The van der Waals surface area contributed by atoms with E-state index in [2.05, 4.69) is 10.3 Å². The largest absolute Gasteiger partial charge is 0.378 e. The van der Waals surface area contributed by atoms with Crippen molar-refractivity contribution in [2.45, 2.75) is 38.1 Å². The van der Waals surface area contributed by atoms with Gasteiger partial charge in [0, 0.05) is 25.6 Å². The molecule has 0 spiro atoms. The zero-order valence-corrected chi connectivity index (χ0v) is 11.4. The average Bonchev–Trinajstić information content (AvgIpc) is 2.92. The number of nitrogens with zero attached hydrogens (tertiary/aromatic N) is 2. The van der Waals surface area contributed by atoms with Crippen molar-refractivity contribution in [2.75, 3.05) is 32.8 Å². The van der Waals surface area contributed by atoms with Crippen LogP contribution >= 0.6 is 0 Å². The van der Waals surface area contributed by atoms with Crippen LogP contribution in [0.4, 0.5) is 0 Å². The van der Waals surface area contributed by atoms with Crippen LogP contribution in [0.1, 0.15) is 32.1 Å². The number of nitrogens with one attached hydrogen (secondary N) is 1. The van der Waals surface area contributed by atoms with Gasteiger partial charge in [-0.15, -0.1) is 0 Å². The molecular formula is C13H24N4O2. The van der Waals surface area contributed by atoms with E-state index in [0.29, 0.717) is 51.3 Å². The first-order valence-corrected chi connectivity index (χ1v) is 7.17. The summed E-state index contributed by atoms with van der Waals surface area (Å²) in [5.41, 5.74) is 5.81. The zero-order chi connectivity index (χ0) is 13.5. The third-order valence-corrected chi connectivity index (χ3v) is 3.68. The quantitative estimate of drug-likeness (QED) is 0.559. The molecule has 0 unspecified atom stereocenters. The van der Waals surface area contributed by atoms with Crippen molar-refractivity contribution in [3.63, 3.8) is 0 Å². The van der Waals surface area contributed by atoms with E-state index in [1.165, 1.54) is 25.7 Å². The van der Waals surface area contributed by atoms with Crippen molar-refractivity contribution >= 4 is 11.9 Å². The van der Waals surface area contributed by atoms with E-state index in [9.17, 15) is 4.79 Å². The fourth-order valence-corrected chi connectivity index (χ4v) is 2.57.